The lowest BCUT2D eigenvalue weighted by molar-refractivity contribution is 0.508. The van der Waals surface area contributed by atoms with Crippen molar-refractivity contribution in [1.29, 1.82) is 0 Å². The maximum absolute atomic E-state index is 10.4. The summed E-state index contributed by atoms with van der Waals surface area (Å²) in [5, 5.41) is 12.8. The summed E-state index contributed by atoms with van der Waals surface area (Å²) >= 11 is 0. The molecule has 124 valence electrons. The molecule has 0 bridgehead atoms. The number of hydrazine groups is 1. The molecule has 7 nitrogen and oxygen atoms in total. The highest BCUT2D eigenvalue weighted by Crippen LogP contribution is 2.48. The van der Waals surface area contributed by atoms with E-state index < -0.39 is 0 Å². The molecule has 1 N–H and O–H groups in total. The van der Waals surface area contributed by atoms with E-state index in [1.54, 1.807) is 5.01 Å². The van der Waals surface area contributed by atoms with Crippen LogP contribution in [0, 0.1) is 11.8 Å². The van der Waals surface area contributed by atoms with E-state index in [4.69, 9.17) is 4.42 Å². The minimum atomic E-state index is 0.443. The molecule has 0 saturated heterocycles. The van der Waals surface area contributed by atoms with Gasteiger partial charge >= 0.3 is 0 Å². The zero-order valence-corrected chi connectivity index (χ0v) is 13.6. The van der Waals surface area contributed by atoms with Crippen LogP contribution in [0.1, 0.15) is 30.2 Å². The average molecular weight is 333 g/mol. The van der Waals surface area contributed by atoms with E-state index in [0.29, 0.717) is 11.8 Å². The highest BCUT2D eigenvalue weighted by atomic mass is 16.4. The molecule has 1 fully saturated rings. The van der Waals surface area contributed by atoms with Crippen LogP contribution in [0.15, 0.2) is 46.1 Å². The van der Waals surface area contributed by atoms with Crippen molar-refractivity contribution in [2.75, 3.05) is 5.01 Å². The van der Waals surface area contributed by atoms with Crippen LogP contribution < -0.4 is 10.5 Å². The van der Waals surface area contributed by atoms with E-state index >= 15 is 0 Å². The van der Waals surface area contributed by atoms with Gasteiger partial charge in [0.25, 0.3) is 0 Å². The van der Waals surface area contributed by atoms with E-state index in [0.717, 1.165) is 52.4 Å². The van der Waals surface area contributed by atoms with Gasteiger partial charge in [-0.2, -0.15) is 5.53 Å². The summed E-state index contributed by atoms with van der Waals surface area (Å²) in [6.07, 6.45) is 2.27. The molecular formula is C18H15N5O2. The average Bonchev–Trinajstić information content (AvgIpc) is 3.54. The van der Waals surface area contributed by atoms with Gasteiger partial charge in [0.05, 0.1) is 16.7 Å². The van der Waals surface area contributed by atoms with E-state index in [-0.39, 0.29) is 0 Å². The van der Waals surface area contributed by atoms with Gasteiger partial charge in [0, 0.05) is 11.5 Å². The van der Waals surface area contributed by atoms with Crippen molar-refractivity contribution in [3.63, 3.8) is 0 Å². The van der Waals surface area contributed by atoms with Gasteiger partial charge in [-0.1, -0.05) is 18.2 Å². The molecule has 1 aromatic heterocycles. The second kappa shape index (κ2) is 5.14. The predicted molar refractivity (Wildman–Crippen MR) is 93.0 cm³/mol. The molecule has 2 heterocycles. The molecule has 2 aromatic carbocycles. The first kappa shape index (κ1) is 14.2. The molecule has 0 radical (unpaired) electrons. The van der Waals surface area contributed by atoms with E-state index in [1.807, 2.05) is 30.3 Å². The van der Waals surface area contributed by atoms with Crippen LogP contribution >= 0.6 is 0 Å². The fourth-order valence-corrected chi connectivity index (χ4v) is 3.19. The standard InChI is InChI=1S/C18H15N5O2/c1-10-13(12-7-8-15-16(9-12)23(15)21-22-24)3-2-4-14(10)18-20-19-17(25-18)11-5-6-11/h2-4,7-9,11H,5-6H2,1H3,(H,21,24). The van der Waals surface area contributed by atoms with Crippen LogP contribution in [-0.4, -0.2) is 10.2 Å². The maximum Gasteiger partial charge on any atom is 0.248 e. The molecular weight excluding hydrogens is 318 g/mol. The summed E-state index contributed by atoms with van der Waals surface area (Å²) < 4.78 is 5.86. The van der Waals surface area contributed by atoms with Gasteiger partial charge < -0.3 is 4.42 Å². The van der Waals surface area contributed by atoms with Crippen molar-refractivity contribution in [1.82, 2.24) is 15.7 Å². The fraction of sp³-hybridized carbons (Fsp3) is 0.222. The highest BCUT2D eigenvalue weighted by Gasteiger charge is 2.31. The number of hydrogen-bond donors (Lipinski definition) is 1. The Bertz CT molecular complexity index is 993. The third-order valence-corrected chi connectivity index (χ3v) is 4.79. The fourth-order valence-electron chi connectivity index (χ4n) is 3.19. The van der Waals surface area contributed by atoms with Crippen molar-refractivity contribution in [3.05, 3.63) is 52.8 Å². The highest BCUT2D eigenvalue weighted by molar-refractivity contribution is 5.95. The molecule has 0 amide bonds. The minimum absolute atomic E-state index is 0.443. The van der Waals surface area contributed by atoms with Crippen LogP contribution in [-0.2, 0) is 0 Å². The molecule has 1 aliphatic heterocycles. The first-order valence-corrected chi connectivity index (χ1v) is 8.22. The van der Waals surface area contributed by atoms with E-state index in [9.17, 15) is 4.91 Å². The maximum atomic E-state index is 10.4. The number of nitrogens with one attached hydrogen (secondary N) is 1. The number of nitrogens with zero attached hydrogens (tertiary/aromatic N) is 4. The van der Waals surface area contributed by atoms with Crippen LogP contribution in [0.5, 0.6) is 0 Å². The van der Waals surface area contributed by atoms with Crippen molar-refractivity contribution in [2.24, 2.45) is 5.29 Å². The van der Waals surface area contributed by atoms with Crippen molar-refractivity contribution < 1.29 is 4.42 Å². The molecule has 0 atom stereocenters. The molecule has 5 rings (SSSR count). The molecule has 0 spiro atoms. The smallest absolute Gasteiger partial charge is 0.248 e. The van der Waals surface area contributed by atoms with Crippen LogP contribution in [0.4, 0.5) is 11.4 Å². The van der Waals surface area contributed by atoms with E-state index in [1.165, 1.54) is 0 Å². The first-order chi connectivity index (χ1) is 12.3. The molecule has 1 saturated carbocycles. The SMILES string of the molecule is Cc1c(-c2ccc3c(c2)N3NN=O)cccc1-c1nnc(C2CC2)o1. The van der Waals surface area contributed by atoms with E-state index in [2.05, 4.69) is 34.0 Å². The van der Waals surface area contributed by atoms with Gasteiger partial charge in [-0.3, -0.25) is 0 Å². The minimum Gasteiger partial charge on any atom is -0.420 e. The number of hydrogen-bond acceptors (Lipinski definition) is 6. The number of benzene rings is 2. The predicted octanol–water partition coefficient (Wildman–Crippen LogP) is 4.23. The normalized spacial score (nSPS) is 15.0. The van der Waals surface area contributed by atoms with Gasteiger partial charge in [-0.15, -0.1) is 15.1 Å². The van der Waals surface area contributed by atoms with Gasteiger partial charge in [0.1, 0.15) is 0 Å². The lowest BCUT2D eigenvalue weighted by Gasteiger charge is -2.08. The lowest BCUT2D eigenvalue weighted by Crippen LogP contribution is -2.14. The summed E-state index contributed by atoms with van der Waals surface area (Å²) in [6, 6.07) is 12.1. The summed E-state index contributed by atoms with van der Waals surface area (Å²) in [4.78, 5) is 10.4. The Balaban J connectivity index is 1.52. The lowest BCUT2D eigenvalue weighted by atomic mass is 9.96. The van der Waals surface area contributed by atoms with Crippen LogP contribution in [0.25, 0.3) is 22.6 Å². The zero-order valence-electron chi connectivity index (χ0n) is 13.6. The molecule has 2 aliphatic rings. The number of anilines is 2. The summed E-state index contributed by atoms with van der Waals surface area (Å²) in [5.41, 5.74) is 8.52. The molecule has 25 heavy (non-hydrogen) atoms. The summed E-state index contributed by atoms with van der Waals surface area (Å²) in [7, 11) is 0. The number of fused-ring (bicyclic) bond motifs is 1. The van der Waals surface area contributed by atoms with Crippen molar-refractivity contribution in [2.45, 2.75) is 25.7 Å². The van der Waals surface area contributed by atoms with Gasteiger partial charge in [-0.25, -0.2) is 5.01 Å². The third-order valence-electron chi connectivity index (χ3n) is 4.79. The zero-order chi connectivity index (χ0) is 17.0. The molecule has 0 unspecified atom stereocenters. The summed E-state index contributed by atoms with van der Waals surface area (Å²) in [6.45, 7) is 2.06. The van der Waals surface area contributed by atoms with Gasteiger partial charge in [0.2, 0.25) is 11.8 Å². The Kier molecular flexibility index (Phi) is 2.91. The number of nitroso groups, excluding NO2 is 1. The topological polar surface area (TPSA) is 83.4 Å². The van der Waals surface area contributed by atoms with Crippen LogP contribution in [0.2, 0.25) is 0 Å². The number of rotatable bonds is 5. The first-order valence-electron chi connectivity index (χ1n) is 8.22. The quantitative estimate of drug-likeness (QED) is 0.427. The van der Waals surface area contributed by atoms with Crippen LogP contribution in [0.3, 0.4) is 0 Å². The monoisotopic (exact) mass is 333 g/mol. The largest absolute Gasteiger partial charge is 0.420 e. The Morgan fingerprint density at radius 2 is 2.00 bits per heavy atom. The second-order valence-electron chi connectivity index (χ2n) is 6.43. The second-order valence-corrected chi connectivity index (χ2v) is 6.43. The Morgan fingerprint density at radius 1 is 1.16 bits per heavy atom. The number of aromatic nitrogens is 2. The van der Waals surface area contributed by atoms with Gasteiger partial charge in [0.15, 0.2) is 0 Å². The van der Waals surface area contributed by atoms with Gasteiger partial charge in [-0.05, 0) is 54.7 Å². The van der Waals surface area contributed by atoms with Crippen molar-refractivity contribution >= 4 is 11.4 Å². The summed E-state index contributed by atoms with van der Waals surface area (Å²) in [5.74, 6) is 1.76. The third kappa shape index (κ3) is 2.27. The Hall–Kier alpha value is -3.22. The Morgan fingerprint density at radius 3 is 2.80 bits per heavy atom. The molecule has 3 aromatic rings. The molecule has 1 aliphatic carbocycles. The van der Waals surface area contributed by atoms with Crippen molar-refractivity contribution in [3.8, 4) is 22.6 Å². The molecule has 7 heteroatoms. The Labute approximate surface area is 143 Å².